The maximum atomic E-state index is 12.3. The normalized spacial score (nSPS) is 15.3. The molecule has 1 N–H and O–H groups in total. The fourth-order valence-electron chi connectivity index (χ4n) is 2.56. The van der Waals surface area contributed by atoms with Crippen LogP contribution in [0.3, 0.4) is 0 Å². The molecular formula is C18H16O3. The molecule has 0 atom stereocenters. The van der Waals surface area contributed by atoms with Crippen molar-refractivity contribution >= 4 is 11.9 Å². The summed E-state index contributed by atoms with van der Waals surface area (Å²) in [6.07, 6.45) is 2.35. The summed E-state index contributed by atoms with van der Waals surface area (Å²) >= 11 is 0. The molecule has 0 heterocycles. The van der Waals surface area contributed by atoms with E-state index in [1.165, 1.54) is 0 Å². The van der Waals surface area contributed by atoms with E-state index in [0.717, 1.165) is 16.9 Å². The molecule has 2 aromatic carbocycles. The number of hydrogen-bond acceptors (Lipinski definition) is 3. The lowest BCUT2D eigenvalue weighted by Gasteiger charge is -2.03. The smallest absolute Gasteiger partial charge is 0.189 e. The monoisotopic (exact) mass is 280 g/mol. The van der Waals surface area contributed by atoms with E-state index in [1.54, 1.807) is 18.2 Å². The largest absolute Gasteiger partial charge is 0.508 e. The Labute approximate surface area is 123 Å². The van der Waals surface area contributed by atoms with Gasteiger partial charge in [0.15, 0.2) is 5.78 Å². The lowest BCUT2D eigenvalue weighted by atomic mass is 10.1. The number of allylic oxidation sites excluding steroid dienone is 1. The van der Waals surface area contributed by atoms with Crippen LogP contribution < -0.4 is 4.74 Å². The lowest BCUT2D eigenvalue weighted by Crippen LogP contribution is -1.95. The van der Waals surface area contributed by atoms with Gasteiger partial charge in [0.1, 0.15) is 11.5 Å². The van der Waals surface area contributed by atoms with Crippen LogP contribution in [0.25, 0.3) is 6.08 Å². The van der Waals surface area contributed by atoms with Gasteiger partial charge < -0.3 is 9.84 Å². The van der Waals surface area contributed by atoms with Crippen LogP contribution in [0.1, 0.15) is 28.4 Å². The molecule has 21 heavy (non-hydrogen) atoms. The molecule has 0 spiro atoms. The van der Waals surface area contributed by atoms with E-state index in [2.05, 4.69) is 0 Å². The predicted molar refractivity (Wildman–Crippen MR) is 81.7 cm³/mol. The van der Waals surface area contributed by atoms with E-state index >= 15 is 0 Å². The number of carbonyl (C=O) groups excluding carboxylic acids is 1. The Morgan fingerprint density at radius 3 is 2.62 bits per heavy atom. The second-order valence-corrected chi connectivity index (χ2v) is 4.98. The molecule has 0 radical (unpaired) electrons. The Morgan fingerprint density at radius 2 is 1.95 bits per heavy atom. The van der Waals surface area contributed by atoms with E-state index in [4.69, 9.17) is 4.74 Å². The van der Waals surface area contributed by atoms with Crippen molar-refractivity contribution in [2.75, 3.05) is 6.61 Å². The van der Waals surface area contributed by atoms with E-state index < -0.39 is 0 Å². The van der Waals surface area contributed by atoms with Crippen LogP contribution in [0.5, 0.6) is 11.5 Å². The van der Waals surface area contributed by atoms with Crippen molar-refractivity contribution in [3.05, 3.63) is 64.7 Å². The highest BCUT2D eigenvalue weighted by Gasteiger charge is 2.26. The summed E-state index contributed by atoms with van der Waals surface area (Å²) in [5.74, 6) is 1.00. The van der Waals surface area contributed by atoms with Crippen LogP contribution in [0.2, 0.25) is 0 Å². The third-order valence-electron chi connectivity index (χ3n) is 3.59. The van der Waals surface area contributed by atoms with Gasteiger partial charge in [-0.25, -0.2) is 0 Å². The van der Waals surface area contributed by atoms with Gasteiger partial charge in [0.05, 0.1) is 6.61 Å². The van der Waals surface area contributed by atoms with E-state index in [-0.39, 0.29) is 11.5 Å². The van der Waals surface area contributed by atoms with Crippen LogP contribution in [-0.2, 0) is 6.42 Å². The summed E-state index contributed by atoms with van der Waals surface area (Å²) in [7, 11) is 0. The molecule has 0 aromatic heterocycles. The zero-order valence-electron chi connectivity index (χ0n) is 11.8. The zero-order valence-corrected chi connectivity index (χ0v) is 11.8. The molecular weight excluding hydrogens is 264 g/mol. The highest BCUT2D eigenvalue weighted by molar-refractivity contribution is 6.16. The highest BCUT2D eigenvalue weighted by Crippen LogP contribution is 2.33. The van der Waals surface area contributed by atoms with Crippen molar-refractivity contribution in [3.63, 3.8) is 0 Å². The second-order valence-electron chi connectivity index (χ2n) is 4.98. The first-order valence-corrected chi connectivity index (χ1v) is 6.98. The number of carbonyl (C=O) groups is 1. The lowest BCUT2D eigenvalue weighted by molar-refractivity contribution is 0.104. The maximum absolute atomic E-state index is 12.3. The molecule has 0 bridgehead atoms. The molecule has 0 amide bonds. The molecule has 0 aliphatic heterocycles. The van der Waals surface area contributed by atoms with Crippen LogP contribution in [-0.4, -0.2) is 17.5 Å². The molecule has 1 aliphatic rings. The fourth-order valence-corrected chi connectivity index (χ4v) is 2.56. The molecule has 2 aromatic rings. The van der Waals surface area contributed by atoms with Gasteiger partial charge in [-0.2, -0.15) is 0 Å². The summed E-state index contributed by atoms with van der Waals surface area (Å²) in [5.41, 5.74) is 2.98. The summed E-state index contributed by atoms with van der Waals surface area (Å²) < 4.78 is 5.40. The number of hydrogen-bond donors (Lipinski definition) is 1. The van der Waals surface area contributed by atoms with Crippen molar-refractivity contribution in [1.29, 1.82) is 0 Å². The first-order valence-electron chi connectivity index (χ1n) is 6.98. The van der Waals surface area contributed by atoms with Gasteiger partial charge in [-0.05, 0) is 36.8 Å². The van der Waals surface area contributed by atoms with Crippen molar-refractivity contribution < 1.29 is 14.6 Å². The number of fused-ring (bicyclic) bond motifs is 1. The minimum Gasteiger partial charge on any atom is -0.508 e. The number of benzene rings is 2. The Balaban J connectivity index is 1.89. The topological polar surface area (TPSA) is 46.5 Å². The van der Waals surface area contributed by atoms with Crippen LogP contribution in [0.15, 0.2) is 48.0 Å². The summed E-state index contributed by atoms with van der Waals surface area (Å²) in [6.45, 7) is 2.57. The van der Waals surface area contributed by atoms with Crippen molar-refractivity contribution in [2.45, 2.75) is 13.3 Å². The van der Waals surface area contributed by atoms with Crippen LogP contribution >= 0.6 is 0 Å². The summed E-state index contributed by atoms with van der Waals surface area (Å²) in [5, 5.41) is 9.83. The average Bonchev–Trinajstić information content (AvgIpc) is 2.80. The van der Waals surface area contributed by atoms with Crippen LogP contribution in [0.4, 0.5) is 0 Å². The van der Waals surface area contributed by atoms with Gasteiger partial charge in [0.25, 0.3) is 0 Å². The molecule has 3 nitrogen and oxygen atoms in total. The average molecular weight is 280 g/mol. The first-order chi connectivity index (χ1) is 10.2. The fraction of sp³-hybridized carbons (Fsp3) is 0.167. The van der Waals surface area contributed by atoms with Gasteiger partial charge in [-0.1, -0.05) is 24.3 Å². The minimum absolute atomic E-state index is 0.00483. The molecule has 3 rings (SSSR count). The van der Waals surface area contributed by atoms with Crippen molar-refractivity contribution in [3.8, 4) is 11.5 Å². The number of rotatable bonds is 3. The number of aromatic hydroxyl groups is 1. The van der Waals surface area contributed by atoms with Crippen LogP contribution in [0, 0.1) is 0 Å². The number of phenols is 1. The van der Waals surface area contributed by atoms with Gasteiger partial charge in [0.2, 0.25) is 0 Å². The zero-order chi connectivity index (χ0) is 14.8. The third-order valence-corrected chi connectivity index (χ3v) is 3.59. The number of phenolic OH excluding ortho intramolecular Hbond substituents is 1. The molecule has 0 fully saturated rings. The van der Waals surface area contributed by atoms with E-state index in [9.17, 15) is 9.90 Å². The Hall–Kier alpha value is -2.55. The molecule has 0 saturated heterocycles. The summed E-state index contributed by atoms with van der Waals surface area (Å²) in [6, 6.07) is 12.7. The molecule has 0 saturated carbocycles. The SMILES string of the molecule is CCOc1ccc(C=C2Cc3c(O)cccc3C2=O)cc1. The summed E-state index contributed by atoms with van der Waals surface area (Å²) in [4.78, 5) is 12.3. The molecule has 1 aliphatic carbocycles. The van der Waals surface area contributed by atoms with Gasteiger partial charge in [0, 0.05) is 23.1 Å². The quantitative estimate of drug-likeness (QED) is 0.874. The van der Waals surface area contributed by atoms with Gasteiger partial charge in [-0.15, -0.1) is 0 Å². The molecule has 0 unspecified atom stereocenters. The number of Topliss-reactive ketones (excluding diaryl/α,β-unsaturated/α-hetero) is 1. The highest BCUT2D eigenvalue weighted by atomic mass is 16.5. The standard InChI is InChI=1S/C18H16O3/c1-2-21-14-8-6-12(7-9-14)10-13-11-16-15(18(13)20)4-3-5-17(16)19/h3-10,19H,2,11H2,1H3. The predicted octanol–water partition coefficient (Wildman–Crippen LogP) is 3.61. The number of ketones is 1. The van der Waals surface area contributed by atoms with E-state index in [1.807, 2.05) is 37.3 Å². The molecule has 3 heteroatoms. The Bertz CT molecular complexity index is 712. The van der Waals surface area contributed by atoms with Crippen molar-refractivity contribution in [1.82, 2.24) is 0 Å². The minimum atomic E-state index is -0.00483. The third kappa shape index (κ3) is 2.55. The van der Waals surface area contributed by atoms with Crippen molar-refractivity contribution in [2.24, 2.45) is 0 Å². The first kappa shape index (κ1) is 13.4. The van der Waals surface area contributed by atoms with Gasteiger partial charge >= 0.3 is 0 Å². The second kappa shape index (κ2) is 5.44. The van der Waals surface area contributed by atoms with E-state index in [0.29, 0.717) is 24.2 Å². The Kier molecular flexibility index (Phi) is 3.48. The van der Waals surface area contributed by atoms with Gasteiger partial charge in [-0.3, -0.25) is 4.79 Å². The number of ether oxygens (including phenoxy) is 1. The molecule has 106 valence electrons. The maximum Gasteiger partial charge on any atom is 0.189 e. The Morgan fingerprint density at radius 1 is 1.19 bits per heavy atom.